The molecule has 0 radical (unpaired) electrons. The van der Waals surface area contributed by atoms with Gasteiger partial charge < -0.3 is 4.42 Å². The first-order chi connectivity index (χ1) is 12.5. The number of aromatic nitrogens is 3. The normalized spacial score (nSPS) is 12.4. The second kappa shape index (κ2) is 7.35. The molecular weight excluding hydrogens is 326 g/mol. The Morgan fingerprint density at radius 2 is 2.12 bits per heavy atom. The van der Waals surface area contributed by atoms with Gasteiger partial charge in [-0.25, -0.2) is 9.36 Å². The zero-order valence-electron chi connectivity index (χ0n) is 15.1. The standard InChI is InChI=1S/C21H21N3O2/c1-5-7-16(11-10-14(2)3)24-19-12-18(17-9-6-8-15(4)23-17)22-13-20(19)26-21(24)25/h5-14H,1H2,2-4H3/b11-10-,16-7+. The van der Waals surface area contributed by atoms with Crippen molar-refractivity contribution >= 4 is 16.8 Å². The molecule has 5 nitrogen and oxygen atoms in total. The Morgan fingerprint density at radius 1 is 1.31 bits per heavy atom. The highest BCUT2D eigenvalue weighted by atomic mass is 16.4. The molecule has 0 spiro atoms. The summed E-state index contributed by atoms with van der Waals surface area (Å²) in [6, 6.07) is 7.57. The van der Waals surface area contributed by atoms with Crippen molar-refractivity contribution in [3.8, 4) is 11.4 Å². The van der Waals surface area contributed by atoms with Crippen molar-refractivity contribution in [2.45, 2.75) is 20.8 Å². The SMILES string of the molecule is C=C/C=C(\C=C/C(C)C)n1c(=O)oc2cnc(-c3cccc(C)n3)cc21. The van der Waals surface area contributed by atoms with Crippen LogP contribution in [0.5, 0.6) is 0 Å². The highest BCUT2D eigenvalue weighted by molar-refractivity contribution is 5.81. The molecule has 5 heteroatoms. The van der Waals surface area contributed by atoms with E-state index < -0.39 is 5.76 Å². The summed E-state index contributed by atoms with van der Waals surface area (Å²) in [6.07, 6.45) is 8.90. The van der Waals surface area contributed by atoms with E-state index in [2.05, 4.69) is 30.4 Å². The molecule has 0 N–H and O–H groups in total. The molecule has 0 amide bonds. The summed E-state index contributed by atoms with van der Waals surface area (Å²) in [5.41, 5.74) is 4.10. The fourth-order valence-electron chi connectivity index (χ4n) is 2.61. The van der Waals surface area contributed by atoms with E-state index in [1.54, 1.807) is 18.3 Å². The van der Waals surface area contributed by atoms with Crippen molar-refractivity contribution in [2.75, 3.05) is 0 Å². The van der Waals surface area contributed by atoms with Crippen LogP contribution in [-0.2, 0) is 0 Å². The van der Waals surface area contributed by atoms with Gasteiger partial charge in [-0.05, 0) is 43.2 Å². The van der Waals surface area contributed by atoms with Crippen LogP contribution in [0.15, 0.2) is 70.6 Å². The van der Waals surface area contributed by atoms with Crippen LogP contribution in [0.25, 0.3) is 28.2 Å². The highest BCUT2D eigenvalue weighted by Gasteiger charge is 2.14. The van der Waals surface area contributed by atoms with Crippen LogP contribution in [0.4, 0.5) is 0 Å². The number of hydrogen-bond donors (Lipinski definition) is 0. The van der Waals surface area contributed by atoms with Gasteiger partial charge >= 0.3 is 5.76 Å². The Hall–Kier alpha value is -3.21. The van der Waals surface area contributed by atoms with Gasteiger partial charge in [0.15, 0.2) is 5.58 Å². The largest absolute Gasteiger partial charge is 0.424 e. The van der Waals surface area contributed by atoms with Crippen molar-refractivity contribution in [2.24, 2.45) is 5.92 Å². The summed E-state index contributed by atoms with van der Waals surface area (Å²) in [6.45, 7) is 9.82. The van der Waals surface area contributed by atoms with Crippen molar-refractivity contribution in [3.05, 3.63) is 77.6 Å². The van der Waals surface area contributed by atoms with E-state index in [4.69, 9.17) is 4.42 Å². The quantitative estimate of drug-likeness (QED) is 0.633. The molecular formula is C21H21N3O2. The average Bonchev–Trinajstić information content (AvgIpc) is 2.93. The van der Waals surface area contributed by atoms with Crippen molar-refractivity contribution in [1.82, 2.24) is 14.5 Å². The zero-order chi connectivity index (χ0) is 18.7. The summed E-state index contributed by atoms with van der Waals surface area (Å²) in [5, 5.41) is 0. The van der Waals surface area contributed by atoms with Gasteiger partial charge in [-0.3, -0.25) is 9.97 Å². The molecule has 0 aliphatic carbocycles. The van der Waals surface area contributed by atoms with Crippen LogP contribution in [0.1, 0.15) is 19.5 Å². The molecule has 3 heterocycles. The van der Waals surface area contributed by atoms with Crippen LogP contribution in [-0.4, -0.2) is 14.5 Å². The minimum Gasteiger partial charge on any atom is -0.406 e. The predicted molar refractivity (Wildman–Crippen MR) is 105 cm³/mol. The molecule has 0 bridgehead atoms. The van der Waals surface area contributed by atoms with Gasteiger partial charge in [-0.1, -0.05) is 38.6 Å². The number of nitrogens with zero attached hydrogens (tertiary/aromatic N) is 3. The summed E-state index contributed by atoms with van der Waals surface area (Å²) in [5.74, 6) is -0.108. The number of aryl methyl sites for hydroxylation is 1. The summed E-state index contributed by atoms with van der Waals surface area (Å²) in [4.78, 5) is 21.3. The highest BCUT2D eigenvalue weighted by Crippen LogP contribution is 2.23. The number of hydrogen-bond acceptors (Lipinski definition) is 4. The lowest BCUT2D eigenvalue weighted by atomic mass is 10.2. The zero-order valence-corrected chi connectivity index (χ0v) is 15.1. The molecule has 0 fully saturated rings. The lowest BCUT2D eigenvalue weighted by Gasteiger charge is -2.05. The molecule has 0 atom stereocenters. The molecule has 0 aromatic carbocycles. The third-order valence-electron chi connectivity index (χ3n) is 3.82. The molecule has 0 unspecified atom stereocenters. The molecule has 0 saturated carbocycles. The van der Waals surface area contributed by atoms with Crippen molar-refractivity contribution < 1.29 is 4.42 Å². The topological polar surface area (TPSA) is 60.9 Å². The molecule has 3 rings (SSSR count). The average molecular weight is 347 g/mol. The number of fused-ring (bicyclic) bond motifs is 1. The smallest absolute Gasteiger partial charge is 0.406 e. The number of allylic oxidation sites excluding steroid dienone is 5. The second-order valence-corrected chi connectivity index (χ2v) is 6.34. The number of rotatable bonds is 5. The van der Waals surface area contributed by atoms with Gasteiger partial charge in [0.05, 0.1) is 28.8 Å². The summed E-state index contributed by atoms with van der Waals surface area (Å²) in [7, 11) is 0. The minimum atomic E-state index is -0.461. The molecule has 0 aliphatic rings. The van der Waals surface area contributed by atoms with E-state index in [0.29, 0.717) is 28.4 Å². The van der Waals surface area contributed by atoms with Gasteiger partial charge in [0, 0.05) is 5.69 Å². The summed E-state index contributed by atoms with van der Waals surface area (Å²) >= 11 is 0. The van der Waals surface area contributed by atoms with Gasteiger partial charge in [0.1, 0.15) is 0 Å². The van der Waals surface area contributed by atoms with E-state index in [1.165, 1.54) is 4.57 Å². The fraction of sp³-hybridized carbons (Fsp3) is 0.190. The van der Waals surface area contributed by atoms with E-state index in [9.17, 15) is 4.79 Å². The maximum atomic E-state index is 12.4. The van der Waals surface area contributed by atoms with Crippen LogP contribution < -0.4 is 5.76 Å². The van der Waals surface area contributed by atoms with E-state index in [1.807, 2.05) is 43.3 Å². The first kappa shape index (κ1) is 17.6. The summed E-state index contributed by atoms with van der Waals surface area (Å²) < 4.78 is 6.89. The molecule has 26 heavy (non-hydrogen) atoms. The van der Waals surface area contributed by atoms with Gasteiger partial charge in [0.2, 0.25) is 0 Å². The third kappa shape index (κ3) is 3.57. The molecule has 3 aromatic heterocycles. The first-order valence-corrected chi connectivity index (χ1v) is 8.46. The number of pyridine rings is 2. The third-order valence-corrected chi connectivity index (χ3v) is 3.82. The lowest BCUT2D eigenvalue weighted by Crippen LogP contribution is -2.12. The number of oxazole rings is 1. The maximum Gasteiger partial charge on any atom is 0.424 e. The molecule has 0 saturated heterocycles. The Labute approximate surface area is 152 Å². The van der Waals surface area contributed by atoms with Crippen molar-refractivity contribution in [1.29, 1.82) is 0 Å². The minimum absolute atomic E-state index is 0.353. The van der Waals surface area contributed by atoms with Crippen LogP contribution in [0.3, 0.4) is 0 Å². The molecule has 0 aliphatic heterocycles. The predicted octanol–water partition coefficient (Wildman–Crippen LogP) is 4.60. The van der Waals surface area contributed by atoms with E-state index >= 15 is 0 Å². The van der Waals surface area contributed by atoms with E-state index in [-0.39, 0.29) is 0 Å². The lowest BCUT2D eigenvalue weighted by molar-refractivity contribution is 0.542. The maximum absolute atomic E-state index is 12.4. The molecule has 132 valence electrons. The Kier molecular flexibility index (Phi) is 4.98. The van der Waals surface area contributed by atoms with Gasteiger partial charge in [-0.15, -0.1) is 0 Å². The molecule has 3 aromatic rings. The van der Waals surface area contributed by atoms with Crippen LogP contribution in [0, 0.1) is 12.8 Å². The first-order valence-electron chi connectivity index (χ1n) is 8.46. The Balaban J connectivity index is 2.20. The van der Waals surface area contributed by atoms with Gasteiger partial charge in [-0.2, -0.15) is 0 Å². The van der Waals surface area contributed by atoms with E-state index in [0.717, 1.165) is 11.4 Å². The van der Waals surface area contributed by atoms with Crippen molar-refractivity contribution in [3.63, 3.8) is 0 Å². The monoisotopic (exact) mass is 347 g/mol. The Morgan fingerprint density at radius 3 is 2.81 bits per heavy atom. The van der Waals surface area contributed by atoms with Gasteiger partial charge in [0.25, 0.3) is 0 Å². The fourth-order valence-corrected chi connectivity index (χ4v) is 2.61. The van der Waals surface area contributed by atoms with Crippen LogP contribution >= 0.6 is 0 Å². The van der Waals surface area contributed by atoms with Crippen LogP contribution in [0.2, 0.25) is 0 Å². The Bertz CT molecular complexity index is 1070. The second-order valence-electron chi connectivity index (χ2n) is 6.34.